The molecule has 1 fully saturated rings. The van der Waals surface area contributed by atoms with E-state index in [1.807, 2.05) is 38.1 Å². The van der Waals surface area contributed by atoms with Crippen molar-refractivity contribution in [1.29, 1.82) is 0 Å². The van der Waals surface area contributed by atoms with Crippen molar-refractivity contribution in [2.45, 2.75) is 38.4 Å². The van der Waals surface area contributed by atoms with Gasteiger partial charge in [0.1, 0.15) is 11.9 Å². The van der Waals surface area contributed by atoms with Gasteiger partial charge in [-0.1, -0.05) is 30.3 Å². The molecule has 2 atom stereocenters. The third kappa shape index (κ3) is 3.03. The van der Waals surface area contributed by atoms with Crippen LogP contribution in [0.3, 0.4) is 0 Å². The molecule has 6 heteroatoms. The summed E-state index contributed by atoms with van der Waals surface area (Å²) in [4.78, 5) is 12.4. The molecule has 2 unspecified atom stereocenters. The lowest BCUT2D eigenvalue weighted by atomic mass is 10.0. The molecule has 0 aliphatic carbocycles. The van der Waals surface area contributed by atoms with E-state index in [-0.39, 0.29) is 24.0 Å². The lowest BCUT2D eigenvalue weighted by Crippen LogP contribution is -2.40. The van der Waals surface area contributed by atoms with Crippen LogP contribution in [0.2, 0.25) is 0 Å². The number of nitrogens with zero attached hydrogens (tertiary/aromatic N) is 2. The molecular formula is C16H21N5O. The van der Waals surface area contributed by atoms with Gasteiger partial charge >= 0.3 is 0 Å². The van der Waals surface area contributed by atoms with Gasteiger partial charge < -0.3 is 5.32 Å². The van der Waals surface area contributed by atoms with E-state index in [0.29, 0.717) is 6.42 Å². The molecular weight excluding hydrogens is 278 g/mol. The number of anilines is 1. The van der Waals surface area contributed by atoms with Crippen LogP contribution in [0, 0.1) is 0 Å². The standard InChI is InChI=1S/C16H21N5O/c1-11(2)21-15(8-9-17-21)18-16(22)14-10-13(19-20-14)12-6-4-3-5-7-12/h3-9,11,13-14,19-20H,10H2,1-2H3,(H,18,22). The van der Waals surface area contributed by atoms with E-state index >= 15 is 0 Å². The number of hydrazine groups is 1. The summed E-state index contributed by atoms with van der Waals surface area (Å²) in [6.07, 6.45) is 2.41. The van der Waals surface area contributed by atoms with Crippen LogP contribution < -0.4 is 16.2 Å². The van der Waals surface area contributed by atoms with Gasteiger partial charge in [-0.3, -0.25) is 4.79 Å². The Morgan fingerprint density at radius 2 is 2.05 bits per heavy atom. The lowest BCUT2D eigenvalue weighted by molar-refractivity contribution is -0.117. The number of aromatic nitrogens is 2. The summed E-state index contributed by atoms with van der Waals surface area (Å²) in [6, 6.07) is 12.0. The Kier molecular flexibility index (Phi) is 4.22. The Balaban J connectivity index is 1.63. The minimum absolute atomic E-state index is 0.0478. The summed E-state index contributed by atoms with van der Waals surface area (Å²) in [6.45, 7) is 4.06. The fraction of sp³-hybridized carbons (Fsp3) is 0.375. The average Bonchev–Trinajstić information content (AvgIpc) is 3.17. The van der Waals surface area contributed by atoms with Crippen molar-refractivity contribution in [1.82, 2.24) is 20.6 Å². The molecule has 3 N–H and O–H groups in total. The van der Waals surface area contributed by atoms with Crippen LogP contribution in [0.25, 0.3) is 0 Å². The number of carbonyl (C=O) groups is 1. The fourth-order valence-electron chi connectivity index (χ4n) is 2.67. The van der Waals surface area contributed by atoms with Crippen LogP contribution in [-0.2, 0) is 4.79 Å². The quantitative estimate of drug-likeness (QED) is 0.807. The SMILES string of the molecule is CC(C)n1nccc1NC(=O)C1CC(c2ccccc2)NN1. The maximum Gasteiger partial charge on any atom is 0.244 e. The summed E-state index contributed by atoms with van der Waals surface area (Å²) in [5.41, 5.74) is 7.44. The predicted molar refractivity (Wildman–Crippen MR) is 85.1 cm³/mol. The van der Waals surface area contributed by atoms with Crippen molar-refractivity contribution in [2.24, 2.45) is 0 Å². The smallest absolute Gasteiger partial charge is 0.244 e. The van der Waals surface area contributed by atoms with Gasteiger partial charge in [0.25, 0.3) is 0 Å². The summed E-state index contributed by atoms with van der Waals surface area (Å²) in [7, 11) is 0. The highest BCUT2D eigenvalue weighted by Crippen LogP contribution is 2.23. The molecule has 1 aromatic heterocycles. The number of hydrogen-bond acceptors (Lipinski definition) is 4. The van der Waals surface area contributed by atoms with Crippen LogP contribution in [-0.4, -0.2) is 21.7 Å². The largest absolute Gasteiger partial charge is 0.309 e. The van der Waals surface area contributed by atoms with Gasteiger partial charge in [-0.05, 0) is 25.8 Å². The molecule has 2 heterocycles. The molecule has 116 valence electrons. The minimum atomic E-state index is -0.263. The van der Waals surface area contributed by atoms with Crippen LogP contribution >= 0.6 is 0 Å². The van der Waals surface area contributed by atoms with Gasteiger partial charge in [0.2, 0.25) is 5.91 Å². The van der Waals surface area contributed by atoms with Gasteiger partial charge in [0.05, 0.1) is 6.20 Å². The molecule has 3 rings (SSSR count). The summed E-state index contributed by atoms with van der Waals surface area (Å²) >= 11 is 0. The topological polar surface area (TPSA) is 71.0 Å². The van der Waals surface area contributed by atoms with Crippen molar-refractivity contribution in [2.75, 3.05) is 5.32 Å². The maximum atomic E-state index is 12.4. The molecule has 0 saturated carbocycles. The van der Waals surface area contributed by atoms with Crippen LogP contribution in [0.4, 0.5) is 5.82 Å². The first-order chi connectivity index (χ1) is 10.6. The Morgan fingerprint density at radius 3 is 2.77 bits per heavy atom. The highest BCUT2D eigenvalue weighted by Gasteiger charge is 2.30. The average molecular weight is 299 g/mol. The van der Waals surface area contributed by atoms with Crippen molar-refractivity contribution in [3.05, 3.63) is 48.2 Å². The Morgan fingerprint density at radius 1 is 1.27 bits per heavy atom. The van der Waals surface area contributed by atoms with E-state index in [0.717, 1.165) is 5.82 Å². The first-order valence-corrected chi connectivity index (χ1v) is 7.55. The zero-order valence-electron chi connectivity index (χ0n) is 12.8. The molecule has 1 saturated heterocycles. The molecule has 0 radical (unpaired) electrons. The maximum absolute atomic E-state index is 12.4. The van der Waals surface area contributed by atoms with Crippen LogP contribution in [0.5, 0.6) is 0 Å². The summed E-state index contributed by atoms with van der Waals surface area (Å²) in [5, 5.41) is 7.17. The molecule has 0 bridgehead atoms. The monoisotopic (exact) mass is 299 g/mol. The first kappa shape index (κ1) is 14.7. The third-order valence-corrected chi connectivity index (χ3v) is 3.83. The van der Waals surface area contributed by atoms with E-state index in [2.05, 4.69) is 33.4 Å². The second kappa shape index (κ2) is 6.29. The van der Waals surface area contributed by atoms with Gasteiger partial charge in [-0.15, -0.1) is 0 Å². The minimum Gasteiger partial charge on any atom is -0.309 e. The third-order valence-electron chi connectivity index (χ3n) is 3.83. The Labute approximate surface area is 129 Å². The second-order valence-electron chi connectivity index (χ2n) is 5.78. The van der Waals surface area contributed by atoms with Crippen molar-refractivity contribution in [3.63, 3.8) is 0 Å². The number of hydrogen-bond donors (Lipinski definition) is 3. The van der Waals surface area contributed by atoms with E-state index in [4.69, 9.17) is 0 Å². The lowest BCUT2D eigenvalue weighted by Gasteiger charge is -2.14. The fourth-order valence-corrected chi connectivity index (χ4v) is 2.67. The van der Waals surface area contributed by atoms with Crippen molar-refractivity contribution in [3.8, 4) is 0 Å². The Bertz CT molecular complexity index is 637. The summed E-state index contributed by atoms with van der Waals surface area (Å²) in [5.74, 6) is 0.679. The number of nitrogens with one attached hydrogen (secondary N) is 3. The highest BCUT2D eigenvalue weighted by atomic mass is 16.2. The number of amides is 1. The van der Waals surface area contributed by atoms with E-state index in [1.165, 1.54) is 5.56 Å². The molecule has 1 aliphatic rings. The number of benzene rings is 1. The number of rotatable bonds is 4. The highest BCUT2D eigenvalue weighted by molar-refractivity contribution is 5.94. The van der Waals surface area contributed by atoms with Gasteiger partial charge in [0.15, 0.2) is 0 Å². The van der Waals surface area contributed by atoms with Gasteiger partial charge in [0, 0.05) is 18.2 Å². The molecule has 1 aromatic carbocycles. The van der Waals surface area contributed by atoms with Crippen LogP contribution in [0.15, 0.2) is 42.6 Å². The molecule has 2 aromatic rings. The zero-order valence-corrected chi connectivity index (χ0v) is 12.8. The van der Waals surface area contributed by atoms with E-state index < -0.39 is 0 Å². The van der Waals surface area contributed by atoms with Crippen LogP contribution in [0.1, 0.15) is 37.9 Å². The second-order valence-corrected chi connectivity index (χ2v) is 5.78. The van der Waals surface area contributed by atoms with E-state index in [1.54, 1.807) is 10.9 Å². The Hall–Kier alpha value is -2.18. The molecule has 1 amide bonds. The number of carbonyl (C=O) groups excluding carboxylic acids is 1. The molecule has 0 spiro atoms. The zero-order chi connectivity index (χ0) is 15.5. The normalized spacial score (nSPS) is 21.2. The molecule has 6 nitrogen and oxygen atoms in total. The van der Waals surface area contributed by atoms with Gasteiger partial charge in [-0.25, -0.2) is 15.5 Å². The summed E-state index contributed by atoms with van der Waals surface area (Å²) < 4.78 is 1.80. The first-order valence-electron chi connectivity index (χ1n) is 7.55. The molecule has 22 heavy (non-hydrogen) atoms. The van der Waals surface area contributed by atoms with Gasteiger partial charge in [-0.2, -0.15) is 5.10 Å². The van der Waals surface area contributed by atoms with Crippen molar-refractivity contribution >= 4 is 11.7 Å². The van der Waals surface area contributed by atoms with E-state index in [9.17, 15) is 4.79 Å². The molecule has 1 aliphatic heterocycles. The van der Waals surface area contributed by atoms with Crippen molar-refractivity contribution < 1.29 is 4.79 Å². The predicted octanol–water partition coefficient (Wildman–Crippen LogP) is 2.01.